The van der Waals surface area contributed by atoms with E-state index in [1.54, 1.807) is 0 Å². The molecule has 10 heavy (non-hydrogen) atoms. The molecule has 0 aliphatic heterocycles. The van der Waals surface area contributed by atoms with Crippen molar-refractivity contribution < 1.29 is 0 Å². The Morgan fingerprint density at radius 2 is 2.30 bits per heavy atom. The van der Waals surface area contributed by atoms with E-state index in [-0.39, 0.29) is 0 Å². The Balaban J connectivity index is 2.74. The first-order valence-corrected chi connectivity index (χ1v) is 3.89. The summed E-state index contributed by atoms with van der Waals surface area (Å²) < 4.78 is 0. The van der Waals surface area contributed by atoms with Crippen molar-refractivity contribution in [2.24, 2.45) is 5.92 Å². The second-order valence-corrected chi connectivity index (χ2v) is 2.55. The highest BCUT2D eigenvalue weighted by molar-refractivity contribution is 5.32. The SMILES string of the molecule is C/C=C1\C=CC=CC1CC. The molecule has 1 rings (SSSR count). The molecule has 0 spiro atoms. The van der Waals surface area contributed by atoms with Gasteiger partial charge in [0.05, 0.1) is 0 Å². The Labute approximate surface area is 62.9 Å². The number of hydrogen-bond acceptors (Lipinski definition) is 0. The van der Waals surface area contributed by atoms with Gasteiger partial charge in [0.25, 0.3) is 0 Å². The first-order valence-electron chi connectivity index (χ1n) is 3.89. The third-order valence-corrected chi connectivity index (χ3v) is 1.94. The molecule has 0 bridgehead atoms. The van der Waals surface area contributed by atoms with Gasteiger partial charge in [0.2, 0.25) is 0 Å². The molecule has 0 heterocycles. The van der Waals surface area contributed by atoms with Crippen LogP contribution in [-0.2, 0) is 0 Å². The van der Waals surface area contributed by atoms with Gasteiger partial charge in [-0.1, -0.05) is 37.3 Å². The van der Waals surface area contributed by atoms with E-state index in [9.17, 15) is 0 Å². The summed E-state index contributed by atoms with van der Waals surface area (Å²) in [5.74, 6) is 0.662. The fourth-order valence-corrected chi connectivity index (χ4v) is 1.28. The van der Waals surface area contributed by atoms with Gasteiger partial charge in [-0.15, -0.1) is 0 Å². The molecule has 0 radical (unpaired) electrons. The summed E-state index contributed by atoms with van der Waals surface area (Å²) in [6, 6.07) is 0. The summed E-state index contributed by atoms with van der Waals surface area (Å²) in [6.07, 6.45) is 12.1. The molecule has 0 aromatic heterocycles. The average Bonchev–Trinajstić information content (AvgIpc) is 2.04. The van der Waals surface area contributed by atoms with Crippen LogP contribution in [0.25, 0.3) is 0 Å². The van der Waals surface area contributed by atoms with Gasteiger partial charge in [-0.05, 0) is 18.9 Å². The van der Waals surface area contributed by atoms with Crippen LogP contribution in [0.2, 0.25) is 0 Å². The zero-order chi connectivity index (χ0) is 7.40. The van der Waals surface area contributed by atoms with Crippen molar-refractivity contribution in [1.82, 2.24) is 0 Å². The van der Waals surface area contributed by atoms with Crippen molar-refractivity contribution >= 4 is 0 Å². The highest BCUT2D eigenvalue weighted by atomic mass is 14.1. The van der Waals surface area contributed by atoms with E-state index in [0.29, 0.717) is 5.92 Å². The first-order chi connectivity index (χ1) is 4.88. The van der Waals surface area contributed by atoms with Gasteiger partial charge in [-0.2, -0.15) is 0 Å². The minimum atomic E-state index is 0.662. The quantitative estimate of drug-likeness (QED) is 0.517. The van der Waals surface area contributed by atoms with Crippen LogP contribution >= 0.6 is 0 Å². The molecular weight excluding hydrogens is 120 g/mol. The molecular formula is C10H14. The molecule has 0 saturated heterocycles. The van der Waals surface area contributed by atoms with E-state index in [0.717, 1.165) is 0 Å². The predicted molar refractivity (Wildman–Crippen MR) is 45.8 cm³/mol. The summed E-state index contributed by atoms with van der Waals surface area (Å²) >= 11 is 0. The maximum atomic E-state index is 2.26. The average molecular weight is 134 g/mol. The lowest BCUT2D eigenvalue weighted by atomic mass is 9.92. The molecule has 1 aliphatic carbocycles. The standard InChI is InChI=1S/C10H14/c1-3-9-7-5-6-8-10(9)4-2/h3,5-8,10H,4H2,1-2H3/b9-3+. The lowest BCUT2D eigenvalue weighted by Crippen LogP contribution is -1.98. The Bertz CT molecular complexity index is 182. The highest BCUT2D eigenvalue weighted by Crippen LogP contribution is 2.20. The lowest BCUT2D eigenvalue weighted by molar-refractivity contribution is 0.738. The van der Waals surface area contributed by atoms with Gasteiger partial charge >= 0.3 is 0 Å². The maximum absolute atomic E-state index is 2.26. The van der Waals surface area contributed by atoms with Crippen LogP contribution in [0.1, 0.15) is 20.3 Å². The topological polar surface area (TPSA) is 0 Å². The molecule has 0 nitrogen and oxygen atoms in total. The van der Waals surface area contributed by atoms with Gasteiger partial charge in [0.15, 0.2) is 0 Å². The molecule has 0 N–H and O–H groups in total. The molecule has 0 heteroatoms. The molecule has 0 amide bonds. The number of allylic oxidation sites excluding steroid dienone is 6. The van der Waals surface area contributed by atoms with Crippen molar-refractivity contribution in [1.29, 1.82) is 0 Å². The molecule has 1 aliphatic rings. The van der Waals surface area contributed by atoms with E-state index < -0.39 is 0 Å². The van der Waals surface area contributed by atoms with Crippen LogP contribution in [0.5, 0.6) is 0 Å². The minimum absolute atomic E-state index is 0.662. The van der Waals surface area contributed by atoms with Gasteiger partial charge < -0.3 is 0 Å². The normalized spacial score (nSPS) is 27.8. The molecule has 54 valence electrons. The number of hydrogen-bond donors (Lipinski definition) is 0. The van der Waals surface area contributed by atoms with Crippen LogP contribution in [0.4, 0.5) is 0 Å². The van der Waals surface area contributed by atoms with Crippen LogP contribution in [-0.4, -0.2) is 0 Å². The van der Waals surface area contributed by atoms with Crippen molar-refractivity contribution in [2.75, 3.05) is 0 Å². The molecule has 0 aromatic rings. The lowest BCUT2D eigenvalue weighted by Gasteiger charge is -2.13. The Hall–Kier alpha value is -0.780. The fraction of sp³-hybridized carbons (Fsp3) is 0.400. The fourth-order valence-electron chi connectivity index (χ4n) is 1.28. The molecule has 1 unspecified atom stereocenters. The van der Waals surface area contributed by atoms with Crippen LogP contribution < -0.4 is 0 Å². The Morgan fingerprint density at radius 3 is 2.80 bits per heavy atom. The van der Waals surface area contributed by atoms with Crippen LogP contribution in [0.15, 0.2) is 36.0 Å². The molecule has 1 atom stereocenters. The number of rotatable bonds is 1. The van der Waals surface area contributed by atoms with Crippen molar-refractivity contribution in [3.63, 3.8) is 0 Å². The van der Waals surface area contributed by atoms with Crippen molar-refractivity contribution in [3.05, 3.63) is 36.0 Å². The van der Waals surface area contributed by atoms with Gasteiger partial charge in [-0.3, -0.25) is 0 Å². The van der Waals surface area contributed by atoms with Gasteiger partial charge in [0, 0.05) is 5.92 Å². The largest absolute Gasteiger partial charge is 0.0838 e. The van der Waals surface area contributed by atoms with Crippen molar-refractivity contribution in [2.45, 2.75) is 20.3 Å². The first kappa shape index (κ1) is 7.33. The summed E-state index contributed by atoms with van der Waals surface area (Å²) in [7, 11) is 0. The van der Waals surface area contributed by atoms with Crippen molar-refractivity contribution in [3.8, 4) is 0 Å². The summed E-state index contributed by atoms with van der Waals surface area (Å²) in [5.41, 5.74) is 1.45. The zero-order valence-corrected chi connectivity index (χ0v) is 6.67. The minimum Gasteiger partial charge on any atom is -0.0838 e. The van der Waals surface area contributed by atoms with E-state index in [4.69, 9.17) is 0 Å². The zero-order valence-electron chi connectivity index (χ0n) is 6.67. The second kappa shape index (κ2) is 3.40. The van der Waals surface area contributed by atoms with E-state index >= 15 is 0 Å². The van der Waals surface area contributed by atoms with Crippen LogP contribution in [0, 0.1) is 5.92 Å². The maximum Gasteiger partial charge on any atom is 0.00152 e. The second-order valence-electron chi connectivity index (χ2n) is 2.55. The summed E-state index contributed by atoms with van der Waals surface area (Å²) in [6.45, 7) is 4.32. The predicted octanol–water partition coefficient (Wildman–Crippen LogP) is 3.08. The smallest absolute Gasteiger partial charge is 0.00152 e. The highest BCUT2D eigenvalue weighted by Gasteiger charge is 2.06. The molecule has 0 fully saturated rings. The summed E-state index contributed by atoms with van der Waals surface area (Å²) in [5, 5.41) is 0. The van der Waals surface area contributed by atoms with E-state index in [2.05, 4.69) is 44.2 Å². The van der Waals surface area contributed by atoms with Gasteiger partial charge in [0.1, 0.15) is 0 Å². The van der Waals surface area contributed by atoms with E-state index in [1.165, 1.54) is 12.0 Å². The van der Waals surface area contributed by atoms with Crippen LogP contribution in [0.3, 0.4) is 0 Å². The summed E-state index contributed by atoms with van der Waals surface area (Å²) in [4.78, 5) is 0. The third-order valence-electron chi connectivity index (χ3n) is 1.94. The molecule has 0 aromatic carbocycles. The third kappa shape index (κ3) is 1.38. The molecule has 0 saturated carbocycles. The van der Waals surface area contributed by atoms with E-state index in [1.807, 2.05) is 0 Å². The Morgan fingerprint density at radius 1 is 1.50 bits per heavy atom. The monoisotopic (exact) mass is 134 g/mol. The van der Waals surface area contributed by atoms with Gasteiger partial charge in [-0.25, -0.2) is 0 Å². The Kier molecular flexibility index (Phi) is 2.49.